The lowest BCUT2D eigenvalue weighted by atomic mass is 9.97. The Morgan fingerprint density at radius 3 is 2.38 bits per heavy atom. The molecule has 0 atom stereocenters. The predicted molar refractivity (Wildman–Crippen MR) is 122 cm³/mol. The number of carbonyl (C=O) groups is 1. The molecule has 0 spiro atoms. The van der Waals surface area contributed by atoms with Crippen LogP contribution in [0.1, 0.15) is 29.5 Å². The van der Waals surface area contributed by atoms with Gasteiger partial charge in [0, 0.05) is 37.6 Å². The third-order valence-electron chi connectivity index (χ3n) is 5.79. The number of nitrogens with one attached hydrogen (secondary N) is 1. The number of pyridine rings is 1. The Morgan fingerprint density at radius 1 is 1.06 bits per heavy atom. The predicted octanol–water partition coefficient (Wildman–Crippen LogP) is 3.23. The monoisotopic (exact) mass is 453 g/mol. The molecule has 32 heavy (non-hydrogen) atoms. The molecule has 1 aliphatic heterocycles. The average Bonchev–Trinajstić information content (AvgIpc) is 3.28. The number of benzene rings is 1. The summed E-state index contributed by atoms with van der Waals surface area (Å²) in [5.41, 5.74) is 3.12. The van der Waals surface area contributed by atoms with Crippen molar-refractivity contribution in [3.05, 3.63) is 65.6 Å². The highest BCUT2D eigenvalue weighted by Crippen LogP contribution is 2.29. The molecule has 3 aromatic rings. The number of aryl methyl sites for hydroxylation is 3. The fourth-order valence-electron chi connectivity index (χ4n) is 4.37. The van der Waals surface area contributed by atoms with Gasteiger partial charge in [0.1, 0.15) is 0 Å². The van der Waals surface area contributed by atoms with E-state index in [1.165, 1.54) is 4.31 Å². The quantitative estimate of drug-likeness (QED) is 0.640. The second-order valence-electron chi connectivity index (χ2n) is 8.22. The maximum atomic E-state index is 13.3. The highest BCUT2D eigenvalue weighted by Gasteiger charge is 2.34. The Bertz CT molecular complexity index is 1210. The van der Waals surface area contributed by atoms with Crippen LogP contribution in [0.2, 0.25) is 0 Å². The van der Waals surface area contributed by atoms with Crippen molar-refractivity contribution < 1.29 is 13.2 Å². The van der Waals surface area contributed by atoms with Crippen LogP contribution < -0.4 is 5.32 Å². The zero-order chi connectivity index (χ0) is 22.9. The Labute approximate surface area is 188 Å². The number of nitrogens with zero attached hydrogens (tertiary/aromatic N) is 4. The molecule has 1 amide bonds. The molecule has 0 unspecified atom stereocenters. The average molecular weight is 454 g/mol. The van der Waals surface area contributed by atoms with Gasteiger partial charge in [-0.15, -0.1) is 0 Å². The molecule has 0 aliphatic carbocycles. The molecule has 1 aliphatic rings. The summed E-state index contributed by atoms with van der Waals surface area (Å²) < 4.78 is 29.7. The van der Waals surface area contributed by atoms with Gasteiger partial charge in [0.15, 0.2) is 5.82 Å². The molecule has 1 aromatic carbocycles. The minimum atomic E-state index is -3.60. The van der Waals surface area contributed by atoms with E-state index in [-0.39, 0.29) is 11.8 Å². The van der Waals surface area contributed by atoms with Crippen molar-refractivity contribution in [2.24, 2.45) is 5.92 Å². The van der Waals surface area contributed by atoms with Gasteiger partial charge in [-0.2, -0.15) is 9.40 Å². The summed E-state index contributed by atoms with van der Waals surface area (Å²) in [6.45, 7) is 6.25. The Balaban J connectivity index is 1.45. The molecule has 0 radical (unpaired) electrons. The number of hydrogen-bond acceptors (Lipinski definition) is 5. The van der Waals surface area contributed by atoms with E-state index >= 15 is 0 Å². The third kappa shape index (κ3) is 4.31. The van der Waals surface area contributed by atoms with E-state index < -0.39 is 10.0 Å². The van der Waals surface area contributed by atoms with Crippen LogP contribution in [0.15, 0.2) is 53.8 Å². The van der Waals surface area contributed by atoms with Crippen LogP contribution in [-0.4, -0.2) is 46.5 Å². The molecule has 1 fully saturated rings. The molecule has 2 aromatic heterocycles. The molecule has 4 rings (SSSR count). The maximum Gasteiger partial charge on any atom is 0.243 e. The van der Waals surface area contributed by atoms with Crippen molar-refractivity contribution in [1.29, 1.82) is 0 Å². The van der Waals surface area contributed by atoms with Crippen LogP contribution in [0.25, 0.3) is 5.82 Å². The molecular weight excluding hydrogens is 426 g/mol. The van der Waals surface area contributed by atoms with Gasteiger partial charge < -0.3 is 5.32 Å². The topological polar surface area (TPSA) is 97.2 Å². The Morgan fingerprint density at radius 2 is 1.75 bits per heavy atom. The van der Waals surface area contributed by atoms with Crippen molar-refractivity contribution >= 4 is 21.6 Å². The van der Waals surface area contributed by atoms with Crippen LogP contribution in [0.4, 0.5) is 5.69 Å². The zero-order valence-electron chi connectivity index (χ0n) is 18.4. The number of hydrogen-bond donors (Lipinski definition) is 1. The van der Waals surface area contributed by atoms with E-state index in [9.17, 15) is 13.2 Å². The second kappa shape index (κ2) is 8.84. The number of sulfonamides is 1. The summed E-state index contributed by atoms with van der Waals surface area (Å²) in [6, 6.07) is 9.11. The van der Waals surface area contributed by atoms with E-state index in [0.717, 1.165) is 16.7 Å². The van der Waals surface area contributed by atoms with Gasteiger partial charge in [-0.1, -0.05) is 17.7 Å². The zero-order valence-corrected chi connectivity index (χ0v) is 19.3. The summed E-state index contributed by atoms with van der Waals surface area (Å²) in [4.78, 5) is 17.6. The molecule has 1 N–H and O–H groups in total. The number of anilines is 1. The second-order valence-corrected chi connectivity index (χ2v) is 10.1. The summed E-state index contributed by atoms with van der Waals surface area (Å²) in [5.74, 6) is 0.134. The number of rotatable bonds is 5. The standard InChI is InChI=1S/C23H27N5O3S/c1-16-14-17(2)21(18(3)15-16)32(30,31)27-12-7-19(8-13-27)23(29)26-20-6-4-9-24-22(20)28-11-5-10-25-28/h4-6,9-11,14-15,19H,7-8,12-13H2,1-3H3,(H,26,29). The Hall–Kier alpha value is -3.04. The van der Waals surface area contributed by atoms with Gasteiger partial charge in [0.25, 0.3) is 0 Å². The normalized spacial score (nSPS) is 15.6. The summed E-state index contributed by atoms with van der Waals surface area (Å²) in [6.07, 6.45) is 5.98. The van der Waals surface area contributed by atoms with E-state index in [0.29, 0.717) is 42.3 Å². The number of aromatic nitrogens is 3. The molecule has 168 valence electrons. The summed E-state index contributed by atoms with van der Waals surface area (Å²) in [5, 5.41) is 7.13. The van der Waals surface area contributed by atoms with Gasteiger partial charge in [-0.25, -0.2) is 18.1 Å². The van der Waals surface area contributed by atoms with Crippen LogP contribution in [0, 0.1) is 26.7 Å². The van der Waals surface area contributed by atoms with Crippen LogP contribution in [0.5, 0.6) is 0 Å². The first-order valence-electron chi connectivity index (χ1n) is 10.6. The largest absolute Gasteiger partial charge is 0.323 e. The van der Waals surface area contributed by atoms with Gasteiger partial charge >= 0.3 is 0 Å². The molecule has 8 nitrogen and oxygen atoms in total. The van der Waals surface area contributed by atoms with Gasteiger partial charge in [0.2, 0.25) is 15.9 Å². The first-order valence-corrected chi connectivity index (χ1v) is 12.1. The van der Waals surface area contributed by atoms with E-state index in [1.54, 1.807) is 41.5 Å². The van der Waals surface area contributed by atoms with Crippen LogP contribution >= 0.6 is 0 Å². The first-order chi connectivity index (χ1) is 15.3. The number of carbonyl (C=O) groups excluding carboxylic acids is 1. The molecule has 0 saturated carbocycles. The van der Waals surface area contributed by atoms with Crippen molar-refractivity contribution in [2.45, 2.75) is 38.5 Å². The van der Waals surface area contributed by atoms with Gasteiger partial charge in [0.05, 0.1) is 10.6 Å². The van der Waals surface area contributed by atoms with E-state index in [1.807, 2.05) is 32.9 Å². The lowest BCUT2D eigenvalue weighted by molar-refractivity contribution is -0.120. The highest BCUT2D eigenvalue weighted by molar-refractivity contribution is 7.89. The molecule has 1 saturated heterocycles. The van der Waals surface area contributed by atoms with Gasteiger partial charge in [-0.05, 0) is 62.9 Å². The van der Waals surface area contributed by atoms with Crippen molar-refractivity contribution in [3.63, 3.8) is 0 Å². The third-order valence-corrected chi connectivity index (χ3v) is 8.00. The number of amides is 1. The molecule has 9 heteroatoms. The van der Waals surface area contributed by atoms with Crippen LogP contribution in [0.3, 0.4) is 0 Å². The molecular formula is C23H27N5O3S. The summed E-state index contributed by atoms with van der Waals surface area (Å²) in [7, 11) is -3.60. The molecule has 3 heterocycles. The lowest BCUT2D eigenvalue weighted by Gasteiger charge is -2.31. The minimum absolute atomic E-state index is 0.133. The van der Waals surface area contributed by atoms with Crippen LogP contribution in [-0.2, 0) is 14.8 Å². The maximum absolute atomic E-state index is 13.3. The van der Waals surface area contributed by atoms with Crippen molar-refractivity contribution in [3.8, 4) is 5.82 Å². The fourth-order valence-corrected chi connectivity index (χ4v) is 6.25. The summed E-state index contributed by atoms with van der Waals surface area (Å²) >= 11 is 0. The smallest absolute Gasteiger partial charge is 0.243 e. The SMILES string of the molecule is Cc1cc(C)c(S(=O)(=O)N2CCC(C(=O)Nc3cccnc3-n3cccn3)CC2)c(C)c1. The number of piperidine rings is 1. The van der Waals surface area contributed by atoms with E-state index in [4.69, 9.17) is 0 Å². The van der Waals surface area contributed by atoms with E-state index in [2.05, 4.69) is 15.4 Å². The van der Waals surface area contributed by atoms with Crippen molar-refractivity contribution in [1.82, 2.24) is 19.1 Å². The highest BCUT2D eigenvalue weighted by atomic mass is 32.2. The van der Waals surface area contributed by atoms with Gasteiger partial charge in [-0.3, -0.25) is 4.79 Å². The Kier molecular flexibility index (Phi) is 6.12. The minimum Gasteiger partial charge on any atom is -0.323 e. The fraction of sp³-hybridized carbons (Fsp3) is 0.348. The molecule has 0 bridgehead atoms. The van der Waals surface area contributed by atoms with Crippen molar-refractivity contribution in [2.75, 3.05) is 18.4 Å². The first kappa shape index (κ1) is 22.2. The lowest BCUT2D eigenvalue weighted by Crippen LogP contribution is -2.41.